The van der Waals surface area contributed by atoms with Gasteiger partial charge in [0.25, 0.3) is 0 Å². The van der Waals surface area contributed by atoms with Crippen LogP contribution in [-0.2, 0) is 9.84 Å². The number of hydrogen-bond donors (Lipinski definition) is 0. The van der Waals surface area contributed by atoms with Gasteiger partial charge < -0.3 is 4.90 Å². The molecule has 1 atom stereocenters. The Kier molecular flexibility index (Phi) is 4.60. The summed E-state index contributed by atoms with van der Waals surface area (Å²) in [5.74, 6) is 0.0790. The number of nitrogens with zero attached hydrogens (tertiary/aromatic N) is 1. The molecule has 1 aliphatic rings. The summed E-state index contributed by atoms with van der Waals surface area (Å²) in [6.45, 7) is 3.68. The van der Waals surface area contributed by atoms with Crippen LogP contribution in [0.4, 0.5) is 10.1 Å². The zero-order chi connectivity index (χ0) is 19.0. The van der Waals surface area contributed by atoms with E-state index in [1.54, 1.807) is 36.4 Å². The van der Waals surface area contributed by atoms with E-state index >= 15 is 0 Å². The molecule has 0 saturated carbocycles. The highest BCUT2D eigenvalue weighted by Crippen LogP contribution is 2.36. The zero-order valence-corrected chi connectivity index (χ0v) is 16.0. The van der Waals surface area contributed by atoms with E-state index in [9.17, 15) is 12.8 Å². The van der Waals surface area contributed by atoms with Crippen LogP contribution in [-0.4, -0.2) is 21.5 Å². The fourth-order valence-corrected chi connectivity index (χ4v) is 5.31. The second-order valence-electron chi connectivity index (χ2n) is 7.20. The van der Waals surface area contributed by atoms with Crippen molar-refractivity contribution in [2.24, 2.45) is 5.92 Å². The molecule has 2 aromatic carbocycles. The summed E-state index contributed by atoms with van der Waals surface area (Å²) < 4.78 is 40.8. The minimum atomic E-state index is -3.74. The van der Waals surface area contributed by atoms with Gasteiger partial charge in [0.15, 0.2) is 11.1 Å². The van der Waals surface area contributed by atoms with Crippen molar-refractivity contribution >= 4 is 26.4 Å². The molecule has 0 radical (unpaired) electrons. The van der Waals surface area contributed by atoms with Gasteiger partial charge in [0.1, 0.15) is 5.82 Å². The molecule has 3 aromatic rings. The predicted octanol–water partition coefficient (Wildman–Crippen LogP) is 3.86. The van der Waals surface area contributed by atoms with Gasteiger partial charge in [-0.2, -0.15) is 0 Å². The van der Waals surface area contributed by atoms with Gasteiger partial charge in [0.05, 0.1) is 16.0 Å². The van der Waals surface area contributed by atoms with Gasteiger partial charge >= 0.3 is 0 Å². The summed E-state index contributed by atoms with van der Waals surface area (Å²) in [6.07, 6.45) is 3.64. The van der Waals surface area contributed by atoms with Crippen molar-refractivity contribution in [2.45, 2.75) is 29.6 Å². The molecule has 4 rings (SSSR count). The summed E-state index contributed by atoms with van der Waals surface area (Å²) in [4.78, 5) is 5.57. The molecular weight excluding hydrogens is 363 g/mol. The number of rotatable bonds is 3. The molecule has 2 heterocycles. The van der Waals surface area contributed by atoms with Gasteiger partial charge in [-0.1, -0.05) is 25.1 Å². The Morgan fingerprint density at radius 2 is 1.93 bits per heavy atom. The van der Waals surface area contributed by atoms with Crippen LogP contribution in [0.1, 0.15) is 19.8 Å². The first-order valence-electron chi connectivity index (χ1n) is 9.16. The van der Waals surface area contributed by atoms with Gasteiger partial charge in [0, 0.05) is 19.2 Å². The lowest BCUT2D eigenvalue weighted by atomic mass is 9.99. The maximum atomic E-state index is 14.0. The van der Waals surface area contributed by atoms with Crippen LogP contribution in [0.5, 0.6) is 0 Å². The Bertz CT molecular complexity index is 1080. The molecule has 4 nitrogen and oxygen atoms in total. The van der Waals surface area contributed by atoms with Crippen LogP contribution in [0, 0.1) is 11.7 Å². The lowest BCUT2D eigenvalue weighted by Gasteiger charge is -2.34. The lowest BCUT2D eigenvalue weighted by molar-refractivity contribution is -0.347. The molecule has 1 aromatic heterocycles. The first-order chi connectivity index (χ1) is 13.0. The standard InChI is InChI=1S/C21H21FN2O2S/c1-15-6-5-11-24(14-15)21-18-12-16(22)9-10-19(18)23-13-20(21)27(25,26)17-7-3-2-4-8-17/h2-4,7-10,12-13,15H,5-6,11,14H2,1H3/p+1/t15-/m0/s1. The van der Waals surface area contributed by atoms with Gasteiger partial charge in [-0.15, -0.1) is 0 Å². The van der Waals surface area contributed by atoms with Crippen LogP contribution < -0.4 is 9.88 Å². The number of sulfone groups is 1. The summed E-state index contributed by atoms with van der Waals surface area (Å²) in [6, 6.07) is 12.8. The molecule has 6 heteroatoms. The highest BCUT2D eigenvalue weighted by molar-refractivity contribution is 7.91. The van der Waals surface area contributed by atoms with Crippen LogP contribution in [0.15, 0.2) is 64.5 Å². The predicted molar refractivity (Wildman–Crippen MR) is 103 cm³/mol. The summed E-state index contributed by atoms with van der Waals surface area (Å²) in [5, 5.41) is 0.598. The van der Waals surface area contributed by atoms with E-state index in [1.807, 2.05) is 0 Å². The first-order valence-corrected chi connectivity index (χ1v) is 10.6. The Hall–Kier alpha value is -2.47. The molecule has 0 bridgehead atoms. The maximum absolute atomic E-state index is 14.0. The number of hydrogen-bond acceptors (Lipinski definition) is 3. The minimum absolute atomic E-state index is 0.195. The SMILES string of the molecule is C[C@H]1CCCN(c2c(S(=O)(=O)c3ccccc3)c[nH+]c3ccc(F)cc23)C1. The number of benzene rings is 2. The molecule has 140 valence electrons. The van der Waals surface area contributed by atoms with E-state index in [0.29, 0.717) is 17.0 Å². The molecule has 0 aliphatic carbocycles. The van der Waals surface area contributed by atoms with Gasteiger partial charge in [0.2, 0.25) is 15.4 Å². The smallest absolute Gasteiger partial charge is 0.214 e. The fourth-order valence-electron chi connectivity index (χ4n) is 3.83. The lowest BCUT2D eigenvalue weighted by Crippen LogP contribution is -2.36. The number of nitrogens with one attached hydrogen (secondary N) is 1. The summed E-state index contributed by atoms with van der Waals surface area (Å²) in [5.41, 5.74) is 1.32. The van der Waals surface area contributed by atoms with Crippen molar-refractivity contribution in [1.29, 1.82) is 0 Å². The zero-order valence-electron chi connectivity index (χ0n) is 15.2. The van der Waals surface area contributed by atoms with Gasteiger partial charge in [-0.05, 0) is 43.0 Å². The number of anilines is 1. The molecule has 1 saturated heterocycles. The van der Waals surface area contributed by atoms with Crippen molar-refractivity contribution in [3.63, 3.8) is 0 Å². The fraction of sp³-hybridized carbons (Fsp3) is 0.286. The number of piperidine rings is 1. The number of aromatic nitrogens is 1. The van der Waals surface area contributed by atoms with E-state index < -0.39 is 9.84 Å². The summed E-state index contributed by atoms with van der Waals surface area (Å²) in [7, 11) is -3.74. The van der Waals surface area contributed by atoms with Crippen LogP contribution in [0.25, 0.3) is 10.9 Å². The number of halogens is 1. The maximum Gasteiger partial charge on any atom is 0.214 e. The monoisotopic (exact) mass is 385 g/mol. The van der Waals surface area contributed by atoms with Gasteiger partial charge in [-0.3, -0.25) is 0 Å². The second kappa shape index (κ2) is 6.93. The first kappa shape index (κ1) is 17.9. The average Bonchev–Trinajstić information content (AvgIpc) is 2.67. The molecule has 0 unspecified atom stereocenters. The minimum Gasteiger partial charge on any atom is -0.369 e. The van der Waals surface area contributed by atoms with Crippen molar-refractivity contribution in [3.8, 4) is 0 Å². The molecule has 1 fully saturated rings. The number of H-pyrrole nitrogens is 1. The molecule has 27 heavy (non-hydrogen) atoms. The Balaban J connectivity index is 1.99. The Labute approximate surface area is 158 Å². The van der Waals surface area contributed by atoms with Gasteiger partial charge in [-0.25, -0.2) is 17.8 Å². The van der Waals surface area contributed by atoms with E-state index in [4.69, 9.17) is 0 Å². The van der Waals surface area contributed by atoms with E-state index in [1.165, 1.54) is 18.3 Å². The highest BCUT2D eigenvalue weighted by atomic mass is 32.2. The molecule has 1 aliphatic heterocycles. The molecule has 1 N–H and O–H groups in total. The third-order valence-corrected chi connectivity index (χ3v) is 6.93. The van der Waals surface area contributed by atoms with E-state index in [-0.39, 0.29) is 15.6 Å². The molecular formula is C21H22FN2O2S+. The Morgan fingerprint density at radius 1 is 1.15 bits per heavy atom. The highest BCUT2D eigenvalue weighted by Gasteiger charge is 2.31. The number of aromatic amines is 1. The molecule has 0 spiro atoms. The Morgan fingerprint density at radius 3 is 2.67 bits per heavy atom. The van der Waals surface area contributed by atoms with Crippen molar-refractivity contribution in [1.82, 2.24) is 0 Å². The largest absolute Gasteiger partial charge is 0.369 e. The number of pyridine rings is 1. The van der Waals surface area contributed by atoms with Crippen molar-refractivity contribution < 1.29 is 17.8 Å². The topological polar surface area (TPSA) is 51.5 Å². The number of fused-ring (bicyclic) bond motifs is 1. The molecule has 0 amide bonds. The third kappa shape index (κ3) is 3.30. The van der Waals surface area contributed by atoms with Crippen molar-refractivity contribution in [2.75, 3.05) is 18.0 Å². The third-order valence-electron chi connectivity index (χ3n) is 5.15. The average molecular weight is 385 g/mol. The second-order valence-corrected chi connectivity index (χ2v) is 9.12. The van der Waals surface area contributed by atoms with Crippen LogP contribution in [0.3, 0.4) is 0 Å². The normalized spacial score (nSPS) is 18.0. The van der Waals surface area contributed by atoms with Crippen molar-refractivity contribution in [3.05, 3.63) is 60.5 Å². The van der Waals surface area contributed by atoms with Crippen LogP contribution in [0.2, 0.25) is 0 Å². The quantitative estimate of drug-likeness (QED) is 0.688. The summed E-state index contributed by atoms with van der Waals surface area (Å²) >= 11 is 0. The van der Waals surface area contributed by atoms with E-state index in [2.05, 4.69) is 16.8 Å². The van der Waals surface area contributed by atoms with E-state index in [0.717, 1.165) is 31.4 Å². The van der Waals surface area contributed by atoms with Crippen LogP contribution >= 0.6 is 0 Å².